The molecule has 2 N–H and O–H groups in total. The minimum Gasteiger partial charge on any atom is -0.484 e. The molecule has 10 heteroatoms. The van der Waals surface area contributed by atoms with Gasteiger partial charge in [0.1, 0.15) is 5.75 Å². The maximum Gasteiger partial charge on any atom is 0.305 e. The van der Waals surface area contributed by atoms with Gasteiger partial charge in [0.2, 0.25) is 11.8 Å². The van der Waals surface area contributed by atoms with E-state index >= 15 is 0 Å². The number of carbonyl (C=O) groups excluding carboxylic acids is 3. The van der Waals surface area contributed by atoms with Crippen molar-refractivity contribution in [1.82, 2.24) is 4.98 Å². The van der Waals surface area contributed by atoms with E-state index in [1.165, 1.54) is 16.2 Å². The van der Waals surface area contributed by atoms with E-state index < -0.39 is 0 Å². The number of benzene rings is 3. The highest BCUT2D eigenvalue weighted by Gasteiger charge is 2.69. The number of para-hydroxylation sites is 2. The van der Waals surface area contributed by atoms with Crippen LogP contribution in [0.25, 0.3) is 0 Å². The van der Waals surface area contributed by atoms with Crippen molar-refractivity contribution in [2.75, 3.05) is 16.8 Å². The van der Waals surface area contributed by atoms with Gasteiger partial charge in [-0.05, 0) is 72.6 Å². The molecule has 0 radical (unpaired) electrons. The van der Waals surface area contributed by atoms with Gasteiger partial charge in [-0.15, -0.1) is 11.8 Å². The van der Waals surface area contributed by atoms with Gasteiger partial charge in [-0.3, -0.25) is 24.1 Å². The van der Waals surface area contributed by atoms with Gasteiger partial charge < -0.3 is 15.0 Å². The number of nitrogens with zero attached hydrogens (tertiary/aromatic N) is 1. The van der Waals surface area contributed by atoms with E-state index in [1.807, 2.05) is 85.8 Å². The predicted octanol–water partition coefficient (Wildman–Crippen LogP) is 5.44. The Morgan fingerprint density at radius 3 is 2.50 bits per heavy atom. The number of hydrogen-bond acceptors (Lipinski definition) is 7. The molecule has 4 aliphatic rings. The molecule has 3 amide bonds. The van der Waals surface area contributed by atoms with Crippen LogP contribution in [-0.4, -0.2) is 34.6 Å². The van der Waals surface area contributed by atoms with E-state index in [1.54, 1.807) is 11.8 Å². The second kappa shape index (κ2) is 10.5. The van der Waals surface area contributed by atoms with Gasteiger partial charge in [-0.1, -0.05) is 59.9 Å². The molecule has 2 saturated carbocycles. The summed E-state index contributed by atoms with van der Waals surface area (Å²) in [5.41, 5.74) is 3.32. The van der Waals surface area contributed by atoms with Crippen LogP contribution in [0.2, 0.25) is 0 Å². The fourth-order valence-electron chi connectivity index (χ4n) is 8.07. The van der Waals surface area contributed by atoms with Crippen molar-refractivity contribution in [1.29, 1.82) is 0 Å². The Morgan fingerprint density at radius 2 is 1.70 bits per heavy atom. The molecule has 2 aliphatic heterocycles. The second-order valence-electron chi connectivity index (χ2n) is 12.0. The Morgan fingerprint density at radius 1 is 0.955 bits per heavy atom. The minimum absolute atomic E-state index is 0.0208. The molecule has 2 bridgehead atoms. The van der Waals surface area contributed by atoms with Gasteiger partial charge in [0.05, 0.1) is 22.5 Å². The summed E-state index contributed by atoms with van der Waals surface area (Å²) in [5, 5.41) is 3.86. The van der Waals surface area contributed by atoms with Crippen LogP contribution in [0.15, 0.2) is 88.7 Å². The molecule has 1 saturated heterocycles. The zero-order chi connectivity index (χ0) is 30.1. The number of thioether (sulfide) groups is 1. The summed E-state index contributed by atoms with van der Waals surface area (Å²) in [6, 6.07) is 24.5. The summed E-state index contributed by atoms with van der Waals surface area (Å²) in [6.45, 7) is 1.79. The zero-order valence-corrected chi connectivity index (χ0v) is 25.4. The van der Waals surface area contributed by atoms with Crippen molar-refractivity contribution in [2.45, 2.75) is 29.5 Å². The number of nitrogens with one attached hydrogen (secondary N) is 2. The van der Waals surface area contributed by atoms with E-state index in [-0.39, 0.29) is 70.0 Å². The number of aromatic amines is 1. The molecule has 8 rings (SSSR count). The molecule has 222 valence electrons. The number of anilines is 2. The number of aryl methyl sites for hydroxylation is 1. The van der Waals surface area contributed by atoms with Gasteiger partial charge in [0.15, 0.2) is 6.61 Å². The molecule has 3 aromatic carbocycles. The molecular weight excluding hydrogens is 595 g/mol. The second-order valence-corrected chi connectivity index (χ2v) is 14.2. The van der Waals surface area contributed by atoms with Crippen LogP contribution in [0.1, 0.15) is 28.3 Å². The Kier molecular flexibility index (Phi) is 6.53. The Bertz CT molecular complexity index is 1870. The van der Waals surface area contributed by atoms with Crippen LogP contribution in [0, 0.1) is 36.5 Å². The van der Waals surface area contributed by atoms with Crippen molar-refractivity contribution < 1.29 is 19.1 Å². The number of carbonyl (C=O) groups is 3. The lowest BCUT2D eigenvalue weighted by atomic mass is 9.68. The topological polar surface area (TPSA) is 109 Å². The fraction of sp³-hybridized carbons (Fsp3) is 0.294. The number of H-pyrrole nitrogens is 1. The van der Waals surface area contributed by atoms with Crippen LogP contribution < -0.4 is 19.8 Å². The highest BCUT2D eigenvalue weighted by molar-refractivity contribution is 8.00. The van der Waals surface area contributed by atoms with Crippen LogP contribution in [0.4, 0.5) is 11.4 Å². The maximum absolute atomic E-state index is 13.9. The molecule has 4 aromatic rings. The Balaban J connectivity index is 1.09. The Labute approximate surface area is 261 Å². The third-order valence-corrected chi connectivity index (χ3v) is 12.3. The summed E-state index contributed by atoms with van der Waals surface area (Å²) in [7, 11) is 0. The van der Waals surface area contributed by atoms with Crippen LogP contribution in [-0.2, 0) is 14.4 Å². The monoisotopic (exact) mass is 623 g/mol. The van der Waals surface area contributed by atoms with Gasteiger partial charge >= 0.3 is 4.87 Å². The number of imide groups is 1. The maximum atomic E-state index is 13.9. The summed E-state index contributed by atoms with van der Waals surface area (Å²) < 4.78 is 5.95. The van der Waals surface area contributed by atoms with Gasteiger partial charge in [0.25, 0.3) is 5.91 Å². The largest absolute Gasteiger partial charge is 0.484 e. The fourth-order valence-corrected chi connectivity index (χ4v) is 11.0. The van der Waals surface area contributed by atoms with Crippen LogP contribution in [0.3, 0.4) is 0 Å². The first-order valence-corrected chi connectivity index (χ1v) is 16.5. The lowest BCUT2D eigenvalue weighted by Crippen LogP contribution is -2.42. The number of amides is 3. The third kappa shape index (κ3) is 4.26. The summed E-state index contributed by atoms with van der Waals surface area (Å²) in [4.78, 5) is 58.3. The number of thiazole rings is 1. The van der Waals surface area contributed by atoms with Crippen molar-refractivity contribution in [2.24, 2.45) is 29.6 Å². The quantitative estimate of drug-likeness (QED) is 0.277. The molecule has 44 heavy (non-hydrogen) atoms. The minimum atomic E-state index is -0.362. The Hall–Kier alpha value is -4.15. The number of ether oxygens (including phenoxy) is 1. The standard InChI is InChI=1S/C34H29N3O5S2/c1-17-8-5-6-13-23(17)35-24(38)16-42-20-12-7-9-18(14-20)25-26-21-15-22(29(26)43-31-30(25)44-34(41)36-31)28-27(21)32(39)37(33(28)40)19-10-3-2-4-11-19/h2-14,21-22,25-29H,15-16H2,1H3,(H,35,38)(H,36,41)/t21?,22?,25-,26?,27?,28?,29?/m1/s1. The summed E-state index contributed by atoms with van der Waals surface area (Å²) in [5.74, 6) is -0.576. The average Bonchev–Trinajstić information content (AvgIpc) is 3.76. The molecule has 2 aliphatic carbocycles. The SMILES string of the molecule is Cc1ccccc1NC(=O)COc1cccc([C@H]2c3sc(=O)[nH]c3SC3C4CC(C5C(=O)N(c6ccccc6)C(=O)C45)C32)c1. The molecule has 7 atom stereocenters. The van der Waals surface area contributed by atoms with Crippen molar-refractivity contribution in [3.63, 3.8) is 0 Å². The number of aromatic nitrogens is 1. The van der Waals surface area contributed by atoms with Crippen LogP contribution in [0.5, 0.6) is 5.75 Å². The molecule has 3 fully saturated rings. The van der Waals surface area contributed by atoms with E-state index in [0.29, 0.717) is 11.4 Å². The normalized spacial score (nSPS) is 28.0. The van der Waals surface area contributed by atoms with E-state index in [2.05, 4.69) is 10.3 Å². The zero-order valence-electron chi connectivity index (χ0n) is 23.8. The van der Waals surface area contributed by atoms with E-state index in [4.69, 9.17) is 4.74 Å². The number of rotatable bonds is 6. The molecule has 6 unspecified atom stereocenters. The summed E-state index contributed by atoms with van der Waals surface area (Å²) in [6.07, 6.45) is 0.822. The lowest BCUT2D eigenvalue weighted by molar-refractivity contribution is -0.123. The highest BCUT2D eigenvalue weighted by atomic mass is 32.2. The molecule has 1 aromatic heterocycles. The van der Waals surface area contributed by atoms with Gasteiger partial charge in [-0.2, -0.15) is 0 Å². The van der Waals surface area contributed by atoms with E-state index in [0.717, 1.165) is 33.1 Å². The lowest BCUT2D eigenvalue weighted by Gasteiger charge is -2.43. The predicted molar refractivity (Wildman–Crippen MR) is 169 cm³/mol. The highest BCUT2D eigenvalue weighted by Crippen LogP contribution is 2.68. The van der Waals surface area contributed by atoms with Crippen molar-refractivity contribution in [3.8, 4) is 5.75 Å². The van der Waals surface area contributed by atoms with Crippen LogP contribution >= 0.6 is 23.1 Å². The third-order valence-electron chi connectivity index (χ3n) is 9.74. The molecular formula is C34H29N3O5S2. The van der Waals surface area contributed by atoms with Gasteiger partial charge in [-0.25, -0.2) is 0 Å². The van der Waals surface area contributed by atoms with Crippen molar-refractivity contribution >= 4 is 52.2 Å². The van der Waals surface area contributed by atoms with E-state index in [9.17, 15) is 19.2 Å². The number of fused-ring (bicyclic) bond motifs is 9. The first-order chi connectivity index (χ1) is 21.4. The first-order valence-electron chi connectivity index (χ1n) is 14.8. The molecule has 3 heterocycles. The average molecular weight is 624 g/mol. The summed E-state index contributed by atoms with van der Waals surface area (Å²) >= 11 is 2.89. The molecule has 8 nitrogen and oxygen atoms in total. The number of hydrogen-bond donors (Lipinski definition) is 2. The smallest absolute Gasteiger partial charge is 0.305 e. The first kappa shape index (κ1) is 27.4. The van der Waals surface area contributed by atoms with Crippen molar-refractivity contribution in [3.05, 3.63) is 105 Å². The van der Waals surface area contributed by atoms with Gasteiger partial charge in [0, 0.05) is 21.7 Å². The molecule has 0 spiro atoms.